The maximum absolute atomic E-state index is 13.2. The van der Waals surface area contributed by atoms with Gasteiger partial charge in [-0.2, -0.15) is 0 Å². The molecule has 1 saturated carbocycles. The van der Waals surface area contributed by atoms with Gasteiger partial charge < -0.3 is 0 Å². The highest BCUT2D eigenvalue weighted by atomic mass is 31.1. The largest absolute Gasteiger partial charge is 0.207 e. The van der Waals surface area contributed by atoms with Gasteiger partial charge in [0.2, 0.25) is 0 Å². The number of rotatable bonds is 4. The SMILES string of the molecule is C=C[C@@H]1CC1PCc1c(F)cccc1F. The molecule has 0 spiro atoms. The molecule has 1 aromatic rings. The monoisotopic (exact) mass is 226 g/mol. The quantitative estimate of drug-likeness (QED) is 0.542. The first-order valence-corrected chi connectivity index (χ1v) is 6.29. The van der Waals surface area contributed by atoms with Crippen molar-refractivity contribution in [2.75, 3.05) is 0 Å². The average Bonchev–Trinajstić information content (AvgIpc) is 2.96. The molecule has 3 atom stereocenters. The molecule has 1 aliphatic rings. The van der Waals surface area contributed by atoms with E-state index in [1.165, 1.54) is 18.2 Å². The average molecular weight is 226 g/mol. The summed E-state index contributed by atoms with van der Waals surface area (Å²) in [6, 6.07) is 4.04. The Kier molecular flexibility index (Phi) is 3.16. The third-order valence-corrected chi connectivity index (χ3v) is 4.49. The van der Waals surface area contributed by atoms with E-state index >= 15 is 0 Å². The maximum Gasteiger partial charge on any atom is 0.129 e. The van der Waals surface area contributed by atoms with Crippen LogP contribution in [0.25, 0.3) is 0 Å². The fourth-order valence-corrected chi connectivity index (χ4v) is 3.33. The maximum atomic E-state index is 13.2. The lowest BCUT2D eigenvalue weighted by Gasteiger charge is -2.04. The van der Waals surface area contributed by atoms with Crippen LogP contribution in [-0.4, -0.2) is 5.66 Å². The van der Waals surface area contributed by atoms with Crippen LogP contribution in [0.1, 0.15) is 12.0 Å². The van der Waals surface area contributed by atoms with Crippen LogP contribution >= 0.6 is 8.58 Å². The van der Waals surface area contributed by atoms with Crippen LogP contribution in [0, 0.1) is 17.6 Å². The van der Waals surface area contributed by atoms with Gasteiger partial charge in [0.25, 0.3) is 0 Å². The van der Waals surface area contributed by atoms with Gasteiger partial charge >= 0.3 is 0 Å². The van der Waals surface area contributed by atoms with E-state index < -0.39 is 11.6 Å². The van der Waals surface area contributed by atoms with E-state index in [2.05, 4.69) is 6.58 Å². The highest BCUT2D eigenvalue weighted by Crippen LogP contribution is 2.47. The minimum absolute atomic E-state index is 0.241. The first-order chi connectivity index (χ1) is 7.22. The molecule has 0 N–H and O–H groups in total. The molecule has 1 aliphatic carbocycles. The lowest BCUT2D eigenvalue weighted by molar-refractivity contribution is 0.566. The summed E-state index contributed by atoms with van der Waals surface area (Å²) in [5.41, 5.74) is 0.854. The topological polar surface area (TPSA) is 0 Å². The van der Waals surface area contributed by atoms with Crippen LogP contribution in [0.2, 0.25) is 0 Å². The van der Waals surface area contributed by atoms with Gasteiger partial charge in [-0.3, -0.25) is 0 Å². The molecule has 0 aromatic heterocycles. The Bertz CT molecular complexity index is 356. The van der Waals surface area contributed by atoms with Gasteiger partial charge in [-0.15, -0.1) is 15.2 Å². The molecule has 1 aromatic carbocycles. The second-order valence-electron chi connectivity index (χ2n) is 3.82. The fourth-order valence-electron chi connectivity index (χ4n) is 1.64. The van der Waals surface area contributed by atoms with Gasteiger partial charge in [0.15, 0.2) is 0 Å². The van der Waals surface area contributed by atoms with Gasteiger partial charge in [-0.1, -0.05) is 12.1 Å². The van der Waals surface area contributed by atoms with Crippen molar-refractivity contribution in [2.45, 2.75) is 18.2 Å². The number of hydrogen-bond donors (Lipinski definition) is 0. The van der Waals surface area contributed by atoms with E-state index in [1.54, 1.807) is 0 Å². The Morgan fingerprint density at radius 1 is 1.40 bits per heavy atom. The summed E-state index contributed by atoms with van der Waals surface area (Å²) in [7, 11) is 0.606. The van der Waals surface area contributed by atoms with Crippen molar-refractivity contribution in [2.24, 2.45) is 5.92 Å². The summed E-state index contributed by atoms with van der Waals surface area (Å²) in [6.07, 6.45) is 3.60. The van der Waals surface area contributed by atoms with Gasteiger partial charge in [0.1, 0.15) is 11.6 Å². The molecule has 80 valence electrons. The predicted octanol–water partition coefficient (Wildman–Crippen LogP) is 3.72. The van der Waals surface area contributed by atoms with Crippen molar-refractivity contribution >= 4 is 8.58 Å². The fraction of sp³-hybridized carbons (Fsp3) is 0.333. The van der Waals surface area contributed by atoms with E-state index in [4.69, 9.17) is 0 Å². The normalized spacial score (nSPS) is 24.7. The first-order valence-electron chi connectivity index (χ1n) is 5.01. The van der Waals surface area contributed by atoms with E-state index in [-0.39, 0.29) is 5.56 Å². The molecule has 15 heavy (non-hydrogen) atoms. The highest BCUT2D eigenvalue weighted by Gasteiger charge is 2.33. The smallest absolute Gasteiger partial charge is 0.129 e. The zero-order valence-electron chi connectivity index (χ0n) is 8.34. The highest BCUT2D eigenvalue weighted by molar-refractivity contribution is 7.38. The number of hydrogen-bond acceptors (Lipinski definition) is 0. The van der Waals surface area contributed by atoms with Crippen molar-refractivity contribution in [1.82, 2.24) is 0 Å². The van der Waals surface area contributed by atoms with E-state index in [0.29, 0.717) is 26.3 Å². The van der Waals surface area contributed by atoms with Crippen molar-refractivity contribution in [3.63, 3.8) is 0 Å². The Labute approximate surface area is 90.2 Å². The second-order valence-corrected chi connectivity index (χ2v) is 5.33. The Hall–Kier alpha value is -0.750. The molecule has 0 amide bonds. The Morgan fingerprint density at radius 2 is 2.07 bits per heavy atom. The molecule has 0 heterocycles. The van der Waals surface area contributed by atoms with Crippen LogP contribution in [0.5, 0.6) is 0 Å². The zero-order valence-corrected chi connectivity index (χ0v) is 9.34. The molecule has 3 heteroatoms. The van der Waals surface area contributed by atoms with E-state index in [9.17, 15) is 8.78 Å². The molecular weight excluding hydrogens is 213 g/mol. The van der Waals surface area contributed by atoms with E-state index in [1.807, 2.05) is 6.08 Å². The van der Waals surface area contributed by atoms with Crippen LogP contribution in [-0.2, 0) is 6.16 Å². The number of benzene rings is 1. The van der Waals surface area contributed by atoms with Crippen LogP contribution < -0.4 is 0 Å². The van der Waals surface area contributed by atoms with Crippen molar-refractivity contribution in [3.8, 4) is 0 Å². The molecule has 2 rings (SSSR count). The second kappa shape index (κ2) is 4.40. The van der Waals surface area contributed by atoms with Crippen LogP contribution in [0.4, 0.5) is 8.78 Å². The van der Waals surface area contributed by atoms with Crippen molar-refractivity contribution < 1.29 is 8.78 Å². The number of allylic oxidation sites excluding steroid dienone is 1. The summed E-state index contributed by atoms with van der Waals surface area (Å²) in [5.74, 6) is -0.255. The summed E-state index contributed by atoms with van der Waals surface area (Å²) in [4.78, 5) is 0. The van der Waals surface area contributed by atoms with Gasteiger partial charge in [0, 0.05) is 5.56 Å². The molecule has 0 aliphatic heterocycles. The molecule has 0 nitrogen and oxygen atoms in total. The first kappa shape index (κ1) is 10.8. The van der Waals surface area contributed by atoms with Crippen LogP contribution in [0.15, 0.2) is 30.9 Å². The lowest BCUT2D eigenvalue weighted by Crippen LogP contribution is -1.92. The Balaban J connectivity index is 1.96. The van der Waals surface area contributed by atoms with Crippen molar-refractivity contribution in [3.05, 3.63) is 48.1 Å². The van der Waals surface area contributed by atoms with Crippen molar-refractivity contribution in [1.29, 1.82) is 0 Å². The molecule has 2 unspecified atom stereocenters. The van der Waals surface area contributed by atoms with Gasteiger partial charge in [0.05, 0.1) is 0 Å². The minimum Gasteiger partial charge on any atom is -0.207 e. The van der Waals surface area contributed by atoms with E-state index in [0.717, 1.165) is 6.42 Å². The minimum atomic E-state index is -0.418. The van der Waals surface area contributed by atoms with Gasteiger partial charge in [-0.25, -0.2) is 8.78 Å². The molecule has 0 saturated heterocycles. The molecule has 0 bridgehead atoms. The summed E-state index contributed by atoms with van der Waals surface area (Å²) in [6.45, 7) is 3.72. The molecule has 0 radical (unpaired) electrons. The lowest BCUT2D eigenvalue weighted by atomic mass is 10.2. The third-order valence-electron chi connectivity index (χ3n) is 2.75. The zero-order chi connectivity index (χ0) is 10.8. The summed E-state index contributed by atoms with van der Waals surface area (Å²) < 4.78 is 26.5. The van der Waals surface area contributed by atoms with Crippen LogP contribution in [0.3, 0.4) is 0 Å². The predicted molar refractivity (Wildman–Crippen MR) is 60.5 cm³/mol. The molecule has 1 fully saturated rings. The molecular formula is C12H13F2P. The summed E-state index contributed by atoms with van der Waals surface area (Å²) >= 11 is 0. The third kappa shape index (κ3) is 2.43. The van der Waals surface area contributed by atoms with Gasteiger partial charge in [-0.05, 0) is 36.3 Å². The standard InChI is InChI=1S/C12H13F2P/c1-2-8-6-12(8)15-7-9-10(13)4-3-5-11(9)14/h2-5,8,12,15H,1,6-7H2/t8-,12?/m1/s1. The summed E-state index contributed by atoms with van der Waals surface area (Å²) in [5, 5.41) is 0. The Morgan fingerprint density at radius 3 is 2.60 bits per heavy atom. The number of halogens is 2.